The number of aromatic nitrogens is 2. The van der Waals surface area contributed by atoms with Crippen LogP contribution in [-0.4, -0.2) is 40.2 Å². The van der Waals surface area contributed by atoms with E-state index in [2.05, 4.69) is 40.7 Å². The van der Waals surface area contributed by atoms with E-state index in [9.17, 15) is 4.79 Å². The molecule has 1 aliphatic rings. The molecule has 6 heteroatoms. The molecule has 3 aromatic rings. The minimum Gasteiger partial charge on any atom is -0.467 e. The zero-order chi connectivity index (χ0) is 20.9. The van der Waals surface area contributed by atoms with Crippen molar-refractivity contribution >= 4 is 5.91 Å². The first-order chi connectivity index (χ1) is 14.6. The molecule has 0 aliphatic heterocycles. The molecular weight excluding hydrogens is 376 g/mol. The van der Waals surface area contributed by atoms with Crippen molar-refractivity contribution in [3.8, 4) is 0 Å². The number of nitrogens with one attached hydrogen (secondary N) is 1. The monoisotopic (exact) mass is 406 g/mol. The zero-order valence-corrected chi connectivity index (χ0v) is 17.8. The predicted molar refractivity (Wildman–Crippen MR) is 116 cm³/mol. The van der Waals surface area contributed by atoms with Crippen molar-refractivity contribution in [1.29, 1.82) is 0 Å². The van der Waals surface area contributed by atoms with Crippen LogP contribution in [0.15, 0.2) is 53.1 Å². The molecule has 2 heterocycles. The summed E-state index contributed by atoms with van der Waals surface area (Å²) in [4.78, 5) is 14.7. The lowest BCUT2D eigenvalue weighted by atomic mass is 9.91. The number of hydrogen-bond acceptors (Lipinski definition) is 4. The van der Waals surface area contributed by atoms with Crippen LogP contribution in [-0.2, 0) is 32.9 Å². The average Bonchev–Trinajstić information content (AvgIpc) is 3.39. The Balaban J connectivity index is 1.36. The van der Waals surface area contributed by atoms with E-state index < -0.39 is 0 Å². The van der Waals surface area contributed by atoms with Gasteiger partial charge in [0.05, 0.1) is 12.8 Å². The van der Waals surface area contributed by atoms with Gasteiger partial charge in [-0.05, 0) is 56.3 Å². The molecule has 1 atom stereocenters. The Hall–Kier alpha value is -2.86. The van der Waals surface area contributed by atoms with Gasteiger partial charge in [-0.15, -0.1) is 0 Å². The highest BCUT2D eigenvalue weighted by Gasteiger charge is 2.29. The van der Waals surface area contributed by atoms with Gasteiger partial charge in [-0.3, -0.25) is 9.48 Å². The normalized spacial score (nSPS) is 15.7. The van der Waals surface area contributed by atoms with Gasteiger partial charge in [0, 0.05) is 31.4 Å². The van der Waals surface area contributed by atoms with Gasteiger partial charge in [0.25, 0.3) is 5.91 Å². The first-order valence-corrected chi connectivity index (χ1v) is 10.7. The first kappa shape index (κ1) is 20.4. The van der Waals surface area contributed by atoms with Crippen molar-refractivity contribution in [2.75, 3.05) is 13.6 Å². The summed E-state index contributed by atoms with van der Waals surface area (Å²) < 4.78 is 7.27. The molecule has 6 nitrogen and oxygen atoms in total. The molecule has 0 saturated carbocycles. The highest BCUT2D eigenvalue weighted by molar-refractivity contribution is 5.94. The summed E-state index contributed by atoms with van der Waals surface area (Å²) in [6, 6.07) is 14.7. The number of amides is 1. The van der Waals surface area contributed by atoms with Crippen LogP contribution in [0.1, 0.15) is 45.9 Å². The van der Waals surface area contributed by atoms with Gasteiger partial charge in [0.1, 0.15) is 5.76 Å². The molecule has 1 unspecified atom stereocenters. The van der Waals surface area contributed by atoms with E-state index in [0.717, 1.165) is 50.0 Å². The van der Waals surface area contributed by atoms with Gasteiger partial charge in [-0.1, -0.05) is 30.3 Å². The maximum atomic E-state index is 13.1. The van der Waals surface area contributed by atoms with Crippen LogP contribution in [0.5, 0.6) is 0 Å². The van der Waals surface area contributed by atoms with Gasteiger partial charge >= 0.3 is 0 Å². The smallest absolute Gasteiger partial charge is 0.274 e. The van der Waals surface area contributed by atoms with Crippen molar-refractivity contribution in [2.24, 2.45) is 7.05 Å². The topological polar surface area (TPSA) is 63.3 Å². The standard InChI is InChI=1S/C24H30N4O2/c1-27(17-20-11-7-15-30-20)24(29)23-21-16-19(12-13-22(21)28(2)26-23)25-14-6-10-18-8-4-3-5-9-18/h3-5,7-9,11,15,19,25H,6,10,12-14,16-17H2,1-2H3. The number of furan rings is 1. The van der Waals surface area contributed by atoms with Gasteiger partial charge < -0.3 is 14.6 Å². The molecule has 0 saturated heterocycles. The number of hydrogen-bond donors (Lipinski definition) is 1. The van der Waals surface area contributed by atoms with Crippen LogP contribution < -0.4 is 5.32 Å². The Bertz CT molecular complexity index is 963. The highest BCUT2D eigenvalue weighted by atomic mass is 16.3. The molecule has 0 radical (unpaired) electrons. The molecule has 2 aromatic heterocycles. The molecule has 30 heavy (non-hydrogen) atoms. The third-order valence-corrected chi connectivity index (χ3v) is 5.90. The Labute approximate surface area is 177 Å². The molecule has 0 bridgehead atoms. The second-order valence-corrected chi connectivity index (χ2v) is 8.12. The third kappa shape index (κ3) is 4.65. The van der Waals surface area contributed by atoms with Gasteiger partial charge in [-0.25, -0.2) is 0 Å². The van der Waals surface area contributed by atoms with E-state index in [0.29, 0.717) is 18.3 Å². The summed E-state index contributed by atoms with van der Waals surface area (Å²) in [6.45, 7) is 1.43. The number of rotatable bonds is 8. The lowest BCUT2D eigenvalue weighted by Gasteiger charge is -2.25. The highest BCUT2D eigenvalue weighted by Crippen LogP contribution is 2.25. The fraction of sp³-hybridized carbons (Fsp3) is 0.417. The van der Waals surface area contributed by atoms with Crippen molar-refractivity contribution in [2.45, 2.75) is 44.7 Å². The Morgan fingerprint density at radius 1 is 1.27 bits per heavy atom. The summed E-state index contributed by atoms with van der Waals surface area (Å²) in [5.41, 5.74) is 4.25. The quantitative estimate of drug-likeness (QED) is 0.583. The maximum absolute atomic E-state index is 13.1. The average molecular weight is 407 g/mol. The number of carbonyl (C=O) groups excluding carboxylic acids is 1. The molecule has 1 aliphatic carbocycles. The van der Waals surface area contributed by atoms with Crippen LogP contribution in [0.25, 0.3) is 0 Å². The molecule has 4 rings (SSSR count). The number of nitrogens with zero attached hydrogens (tertiary/aromatic N) is 3. The van der Waals surface area contributed by atoms with Crippen LogP contribution in [0.3, 0.4) is 0 Å². The minimum absolute atomic E-state index is 0.0482. The van der Waals surface area contributed by atoms with E-state index in [1.54, 1.807) is 18.2 Å². The molecule has 0 fully saturated rings. The maximum Gasteiger partial charge on any atom is 0.274 e. The van der Waals surface area contributed by atoms with Crippen LogP contribution >= 0.6 is 0 Å². The van der Waals surface area contributed by atoms with E-state index in [4.69, 9.17) is 4.42 Å². The van der Waals surface area contributed by atoms with Gasteiger partial charge in [0.2, 0.25) is 0 Å². The second kappa shape index (κ2) is 9.30. The Morgan fingerprint density at radius 2 is 2.10 bits per heavy atom. The molecule has 0 spiro atoms. The fourth-order valence-electron chi connectivity index (χ4n) is 4.27. The molecular formula is C24H30N4O2. The largest absolute Gasteiger partial charge is 0.467 e. The minimum atomic E-state index is -0.0482. The molecule has 1 N–H and O–H groups in total. The third-order valence-electron chi connectivity index (χ3n) is 5.90. The summed E-state index contributed by atoms with van der Waals surface area (Å²) in [5, 5.41) is 8.28. The van der Waals surface area contributed by atoms with Crippen molar-refractivity contribution in [3.05, 3.63) is 77.0 Å². The molecule has 158 valence electrons. The van der Waals surface area contributed by atoms with E-state index >= 15 is 0 Å². The number of fused-ring (bicyclic) bond motifs is 1. The zero-order valence-electron chi connectivity index (χ0n) is 17.8. The Morgan fingerprint density at radius 3 is 2.87 bits per heavy atom. The molecule has 1 amide bonds. The number of benzene rings is 1. The van der Waals surface area contributed by atoms with Crippen molar-refractivity contribution < 1.29 is 9.21 Å². The van der Waals surface area contributed by atoms with Crippen molar-refractivity contribution in [1.82, 2.24) is 20.0 Å². The van der Waals surface area contributed by atoms with Crippen molar-refractivity contribution in [3.63, 3.8) is 0 Å². The van der Waals surface area contributed by atoms with E-state index in [-0.39, 0.29) is 5.91 Å². The number of aryl methyl sites for hydroxylation is 2. The lowest BCUT2D eigenvalue weighted by molar-refractivity contribution is 0.0767. The van der Waals surface area contributed by atoms with Crippen LogP contribution in [0.2, 0.25) is 0 Å². The predicted octanol–water partition coefficient (Wildman–Crippen LogP) is 3.37. The first-order valence-electron chi connectivity index (χ1n) is 10.7. The summed E-state index contributed by atoms with van der Waals surface area (Å²) in [5.74, 6) is 0.724. The van der Waals surface area contributed by atoms with Crippen LogP contribution in [0, 0.1) is 0 Å². The number of carbonyl (C=O) groups is 1. The van der Waals surface area contributed by atoms with Gasteiger partial charge in [-0.2, -0.15) is 5.10 Å². The second-order valence-electron chi connectivity index (χ2n) is 8.12. The summed E-state index contributed by atoms with van der Waals surface area (Å²) >= 11 is 0. The van der Waals surface area contributed by atoms with E-state index in [1.807, 2.05) is 23.9 Å². The summed E-state index contributed by atoms with van der Waals surface area (Å²) in [6.07, 6.45) is 6.70. The SMILES string of the molecule is CN(Cc1ccco1)C(=O)c1nn(C)c2c1CC(NCCCc1ccccc1)CC2. The lowest BCUT2D eigenvalue weighted by Crippen LogP contribution is -2.36. The van der Waals surface area contributed by atoms with Gasteiger partial charge in [0.15, 0.2) is 5.69 Å². The molecule has 1 aromatic carbocycles. The Kier molecular flexibility index (Phi) is 6.33. The van der Waals surface area contributed by atoms with E-state index in [1.165, 1.54) is 11.3 Å². The summed E-state index contributed by atoms with van der Waals surface area (Å²) in [7, 11) is 3.74. The van der Waals surface area contributed by atoms with Crippen LogP contribution in [0.4, 0.5) is 0 Å². The fourth-order valence-corrected chi connectivity index (χ4v) is 4.27.